The average Bonchev–Trinajstić information content (AvgIpc) is 3.16. The second kappa shape index (κ2) is 7.99. The molecule has 0 saturated heterocycles. The minimum Gasteiger partial charge on any atom is -0.507 e. The molecule has 0 fully saturated rings. The van der Waals surface area contributed by atoms with Crippen LogP contribution in [0, 0.1) is 0 Å². The van der Waals surface area contributed by atoms with Gasteiger partial charge in [-0.15, -0.1) is 11.3 Å². The smallest absolute Gasteiger partial charge is 0.342 e. The molecule has 2 N–H and O–H groups in total. The molecule has 2 aromatic carbocycles. The quantitative estimate of drug-likeness (QED) is 0.578. The van der Waals surface area contributed by atoms with E-state index in [1.54, 1.807) is 35.7 Å². The molecule has 0 spiro atoms. The number of sulfonamides is 1. The molecule has 0 aliphatic carbocycles. The van der Waals surface area contributed by atoms with Gasteiger partial charge in [-0.1, -0.05) is 35.9 Å². The molecular formula is C18H14ClNO5S2. The number of hydrogen-bond donors (Lipinski definition) is 2. The second-order valence-electron chi connectivity index (χ2n) is 5.44. The number of halogens is 1. The molecule has 6 nitrogen and oxygen atoms in total. The summed E-state index contributed by atoms with van der Waals surface area (Å²) in [5.74, 6) is -1.15. The molecular weight excluding hydrogens is 410 g/mol. The number of rotatable bonds is 6. The summed E-state index contributed by atoms with van der Waals surface area (Å²) in [6.07, 6.45) is 0. The van der Waals surface area contributed by atoms with E-state index in [0.717, 1.165) is 17.4 Å². The molecule has 0 aliphatic heterocycles. The molecule has 0 atom stereocenters. The predicted molar refractivity (Wildman–Crippen MR) is 104 cm³/mol. The van der Waals surface area contributed by atoms with Crippen LogP contribution in [-0.4, -0.2) is 19.5 Å². The normalized spacial score (nSPS) is 11.1. The van der Waals surface area contributed by atoms with Gasteiger partial charge in [0.25, 0.3) is 10.0 Å². The van der Waals surface area contributed by atoms with Crippen molar-refractivity contribution in [2.45, 2.75) is 10.8 Å². The highest BCUT2D eigenvalue weighted by Gasteiger charge is 2.18. The molecule has 9 heteroatoms. The number of aromatic hydroxyl groups is 1. The Morgan fingerprint density at radius 2 is 1.93 bits per heavy atom. The number of esters is 1. The van der Waals surface area contributed by atoms with Crippen molar-refractivity contribution in [1.82, 2.24) is 0 Å². The summed E-state index contributed by atoms with van der Waals surface area (Å²) in [6, 6.07) is 13.8. The summed E-state index contributed by atoms with van der Waals surface area (Å²) in [5.41, 5.74) is 0.678. The lowest BCUT2D eigenvalue weighted by molar-refractivity contribution is 0.0469. The van der Waals surface area contributed by atoms with Crippen LogP contribution in [0.4, 0.5) is 5.69 Å². The van der Waals surface area contributed by atoms with Crippen LogP contribution in [0.3, 0.4) is 0 Å². The topological polar surface area (TPSA) is 92.7 Å². The van der Waals surface area contributed by atoms with Crippen LogP contribution in [0.25, 0.3) is 0 Å². The van der Waals surface area contributed by atoms with Gasteiger partial charge >= 0.3 is 5.97 Å². The van der Waals surface area contributed by atoms with E-state index in [0.29, 0.717) is 10.6 Å². The number of ether oxygens (including phenoxy) is 1. The predicted octanol–water partition coefficient (Wildman–Crippen LogP) is 4.26. The summed E-state index contributed by atoms with van der Waals surface area (Å²) >= 11 is 7.07. The molecule has 0 saturated carbocycles. The molecule has 0 radical (unpaired) electrons. The summed E-state index contributed by atoms with van der Waals surface area (Å²) in [4.78, 5) is 12.2. The minimum atomic E-state index is -3.74. The van der Waals surface area contributed by atoms with Crippen LogP contribution in [0.15, 0.2) is 64.2 Å². The van der Waals surface area contributed by atoms with Crippen molar-refractivity contribution in [2.75, 3.05) is 4.72 Å². The second-order valence-corrected chi connectivity index (χ2v) is 8.70. The van der Waals surface area contributed by atoms with E-state index in [9.17, 15) is 18.3 Å². The Bertz CT molecular complexity index is 1070. The Morgan fingerprint density at radius 1 is 1.15 bits per heavy atom. The fourth-order valence-corrected chi connectivity index (χ4v) is 4.46. The van der Waals surface area contributed by atoms with Crippen molar-refractivity contribution in [3.63, 3.8) is 0 Å². The van der Waals surface area contributed by atoms with Crippen molar-refractivity contribution >= 4 is 44.6 Å². The maximum Gasteiger partial charge on any atom is 0.342 e. The third-order valence-corrected chi connectivity index (χ3v) is 6.69. The first-order chi connectivity index (χ1) is 12.9. The first kappa shape index (κ1) is 19.2. The largest absolute Gasteiger partial charge is 0.507 e. The number of phenolic OH excluding ortho intramolecular Hbond substituents is 1. The number of carbonyl (C=O) groups excluding carboxylic acids is 1. The number of carbonyl (C=O) groups is 1. The van der Waals surface area contributed by atoms with Crippen molar-refractivity contribution in [3.05, 3.63) is 76.1 Å². The molecule has 0 bridgehead atoms. The fourth-order valence-electron chi connectivity index (χ4n) is 2.23. The lowest BCUT2D eigenvalue weighted by atomic mass is 10.2. The van der Waals surface area contributed by atoms with Crippen molar-refractivity contribution < 1.29 is 23.1 Å². The van der Waals surface area contributed by atoms with E-state index in [4.69, 9.17) is 16.3 Å². The van der Waals surface area contributed by atoms with Crippen molar-refractivity contribution in [3.8, 4) is 5.75 Å². The van der Waals surface area contributed by atoms with E-state index < -0.39 is 21.7 Å². The Balaban J connectivity index is 1.71. The molecule has 0 aliphatic rings. The third kappa shape index (κ3) is 4.60. The third-order valence-electron chi connectivity index (χ3n) is 3.55. The highest BCUT2D eigenvalue weighted by Crippen LogP contribution is 2.26. The van der Waals surface area contributed by atoms with Gasteiger partial charge in [-0.25, -0.2) is 13.2 Å². The van der Waals surface area contributed by atoms with Gasteiger partial charge in [0, 0.05) is 16.7 Å². The van der Waals surface area contributed by atoms with Gasteiger partial charge in [-0.05, 0) is 29.6 Å². The number of hydrogen-bond acceptors (Lipinski definition) is 6. The molecule has 1 aromatic heterocycles. The lowest BCUT2D eigenvalue weighted by Crippen LogP contribution is -2.12. The molecule has 3 rings (SSSR count). The lowest BCUT2D eigenvalue weighted by Gasteiger charge is -2.10. The Morgan fingerprint density at radius 3 is 2.59 bits per heavy atom. The van der Waals surface area contributed by atoms with Crippen LogP contribution < -0.4 is 4.72 Å². The number of thiophene rings is 1. The maximum atomic E-state index is 12.2. The van der Waals surface area contributed by atoms with Gasteiger partial charge < -0.3 is 9.84 Å². The van der Waals surface area contributed by atoms with E-state index in [1.165, 1.54) is 18.2 Å². The number of anilines is 1. The summed E-state index contributed by atoms with van der Waals surface area (Å²) < 4.78 is 32.0. The molecule has 3 aromatic rings. The number of benzene rings is 2. The summed E-state index contributed by atoms with van der Waals surface area (Å²) in [6.45, 7) is -0.0509. The van der Waals surface area contributed by atoms with E-state index in [-0.39, 0.29) is 22.1 Å². The van der Waals surface area contributed by atoms with Crippen molar-refractivity contribution in [2.24, 2.45) is 0 Å². The monoisotopic (exact) mass is 423 g/mol. The van der Waals surface area contributed by atoms with E-state index in [1.807, 2.05) is 0 Å². The van der Waals surface area contributed by atoms with Crippen LogP contribution in [-0.2, 0) is 21.4 Å². The van der Waals surface area contributed by atoms with Gasteiger partial charge in [-0.2, -0.15) is 0 Å². The van der Waals surface area contributed by atoms with Crippen LogP contribution >= 0.6 is 22.9 Å². The first-order valence-corrected chi connectivity index (χ1v) is 10.4. The van der Waals surface area contributed by atoms with Gasteiger partial charge in [0.05, 0.1) is 5.69 Å². The van der Waals surface area contributed by atoms with Crippen molar-refractivity contribution in [1.29, 1.82) is 0 Å². The molecule has 27 heavy (non-hydrogen) atoms. The van der Waals surface area contributed by atoms with Crippen LogP contribution in [0.2, 0.25) is 5.02 Å². The molecule has 0 amide bonds. The van der Waals surface area contributed by atoms with Gasteiger partial charge in [0.2, 0.25) is 0 Å². The van der Waals surface area contributed by atoms with Gasteiger partial charge in [-0.3, -0.25) is 4.72 Å². The standard InChI is InChI=1S/C18H14ClNO5S2/c19-15-5-2-1-4-12(15)11-25-18(22)14-8-7-13(10-16(14)21)20-27(23,24)17-6-3-9-26-17/h1-10,20-21H,11H2. The average molecular weight is 424 g/mol. The highest BCUT2D eigenvalue weighted by atomic mass is 35.5. The fraction of sp³-hybridized carbons (Fsp3) is 0.0556. The first-order valence-electron chi connectivity index (χ1n) is 7.67. The number of nitrogens with one attached hydrogen (secondary N) is 1. The zero-order valence-corrected chi connectivity index (χ0v) is 16.1. The van der Waals surface area contributed by atoms with Gasteiger partial charge in [0.1, 0.15) is 22.1 Å². The molecule has 140 valence electrons. The Hall–Kier alpha value is -2.55. The summed E-state index contributed by atoms with van der Waals surface area (Å²) in [5, 5.41) is 12.2. The zero-order valence-electron chi connectivity index (χ0n) is 13.8. The number of phenols is 1. The van der Waals surface area contributed by atoms with Gasteiger partial charge in [0.15, 0.2) is 0 Å². The minimum absolute atomic E-state index is 0.0509. The molecule has 1 heterocycles. The Kier molecular flexibility index (Phi) is 5.69. The Labute approximate surface area is 165 Å². The zero-order chi connectivity index (χ0) is 19.4. The van der Waals surface area contributed by atoms with Crippen LogP contribution in [0.5, 0.6) is 5.75 Å². The van der Waals surface area contributed by atoms with Crippen LogP contribution in [0.1, 0.15) is 15.9 Å². The summed E-state index contributed by atoms with van der Waals surface area (Å²) in [7, 11) is -3.74. The maximum absolute atomic E-state index is 12.2. The molecule has 0 unspecified atom stereocenters. The van der Waals surface area contributed by atoms with E-state index >= 15 is 0 Å². The SMILES string of the molecule is O=C(OCc1ccccc1Cl)c1ccc(NS(=O)(=O)c2cccs2)cc1O. The van der Waals surface area contributed by atoms with E-state index in [2.05, 4.69) is 4.72 Å². The highest BCUT2D eigenvalue weighted by molar-refractivity contribution is 7.94.